The Kier molecular flexibility index (Phi) is 4.83. The Labute approximate surface area is 131 Å². The molecule has 120 valence electrons. The molecule has 3 rings (SSSR count). The number of likely N-dealkylation sites (N-methyl/N-ethyl adjacent to an activating group) is 1. The fourth-order valence-electron chi connectivity index (χ4n) is 2.59. The van der Waals surface area contributed by atoms with Crippen LogP contribution in [0.5, 0.6) is 11.5 Å². The van der Waals surface area contributed by atoms with Gasteiger partial charge in [-0.2, -0.15) is 0 Å². The molecule has 1 N–H and O–H groups in total. The number of nitrogens with zero attached hydrogens (tertiary/aromatic N) is 1. The Morgan fingerprint density at radius 1 is 1.32 bits per heavy atom. The van der Waals surface area contributed by atoms with E-state index in [0.29, 0.717) is 25.6 Å². The van der Waals surface area contributed by atoms with E-state index in [0.717, 1.165) is 24.6 Å². The molecule has 22 heavy (non-hydrogen) atoms. The maximum absolute atomic E-state index is 12.0. The van der Waals surface area contributed by atoms with Gasteiger partial charge in [0.2, 0.25) is 5.91 Å². The van der Waals surface area contributed by atoms with Gasteiger partial charge in [0.15, 0.2) is 11.5 Å². The van der Waals surface area contributed by atoms with Crippen molar-refractivity contribution in [1.82, 2.24) is 10.2 Å². The van der Waals surface area contributed by atoms with Gasteiger partial charge in [-0.3, -0.25) is 9.69 Å². The summed E-state index contributed by atoms with van der Waals surface area (Å²) in [4.78, 5) is 14.1. The first kappa shape index (κ1) is 15.2. The number of hydrogen-bond donors (Lipinski definition) is 1. The van der Waals surface area contributed by atoms with Crippen molar-refractivity contribution in [2.24, 2.45) is 5.92 Å². The third-order valence-corrected chi connectivity index (χ3v) is 4.13. The van der Waals surface area contributed by atoms with E-state index < -0.39 is 0 Å². The maximum Gasteiger partial charge on any atom is 0.234 e. The van der Waals surface area contributed by atoms with Gasteiger partial charge in [0.05, 0.1) is 6.54 Å². The minimum Gasteiger partial charge on any atom is -0.486 e. The highest BCUT2D eigenvalue weighted by atomic mass is 16.6. The van der Waals surface area contributed by atoms with E-state index >= 15 is 0 Å². The average molecular weight is 304 g/mol. The summed E-state index contributed by atoms with van der Waals surface area (Å²) >= 11 is 0. The molecule has 1 heterocycles. The molecule has 5 nitrogen and oxygen atoms in total. The lowest BCUT2D eigenvalue weighted by molar-refractivity contribution is -0.122. The van der Waals surface area contributed by atoms with Crippen LogP contribution in [0.15, 0.2) is 24.3 Å². The SMILES string of the molecule is CCN(CC(=O)NCC1CC1)CC1COc2ccccc2O1. The molecule has 2 aliphatic rings. The Bertz CT molecular complexity index is 516. The number of amides is 1. The van der Waals surface area contributed by atoms with Crippen LogP contribution in [-0.2, 0) is 4.79 Å². The van der Waals surface area contributed by atoms with Crippen molar-refractivity contribution >= 4 is 5.91 Å². The molecule has 0 aromatic heterocycles. The van der Waals surface area contributed by atoms with Crippen LogP contribution in [0.1, 0.15) is 19.8 Å². The van der Waals surface area contributed by atoms with Crippen LogP contribution in [-0.4, -0.2) is 49.7 Å². The van der Waals surface area contributed by atoms with Crippen molar-refractivity contribution < 1.29 is 14.3 Å². The van der Waals surface area contributed by atoms with E-state index in [1.54, 1.807) is 0 Å². The second-order valence-corrected chi connectivity index (χ2v) is 6.07. The van der Waals surface area contributed by atoms with Crippen LogP contribution in [0.2, 0.25) is 0 Å². The highest BCUT2D eigenvalue weighted by molar-refractivity contribution is 5.78. The maximum atomic E-state index is 12.0. The largest absolute Gasteiger partial charge is 0.486 e. The fraction of sp³-hybridized carbons (Fsp3) is 0.588. The van der Waals surface area contributed by atoms with Gasteiger partial charge in [-0.15, -0.1) is 0 Å². The number of hydrogen-bond acceptors (Lipinski definition) is 4. The average Bonchev–Trinajstić information content (AvgIpc) is 3.36. The third kappa shape index (κ3) is 4.13. The highest BCUT2D eigenvalue weighted by Gasteiger charge is 2.24. The Balaban J connectivity index is 1.47. The van der Waals surface area contributed by atoms with Crippen molar-refractivity contribution in [2.75, 3.05) is 32.8 Å². The smallest absolute Gasteiger partial charge is 0.234 e. The third-order valence-electron chi connectivity index (χ3n) is 4.13. The van der Waals surface area contributed by atoms with Crippen LogP contribution in [0.4, 0.5) is 0 Å². The first-order valence-corrected chi connectivity index (χ1v) is 8.12. The van der Waals surface area contributed by atoms with Gasteiger partial charge in [-0.05, 0) is 37.4 Å². The number of rotatable bonds is 7. The quantitative estimate of drug-likeness (QED) is 0.832. The van der Waals surface area contributed by atoms with E-state index in [-0.39, 0.29) is 12.0 Å². The molecule has 1 amide bonds. The summed E-state index contributed by atoms with van der Waals surface area (Å²) in [5, 5.41) is 3.01. The van der Waals surface area contributed by atoms with Crippen molar-refractivity contribution in [3.8, 4) is 11.5 Å². The number of para-hydroxylation sites is 2. The molecule has 1 fully saturated rings. The number of nitrogens with one attached hydrogen (secondary N) is 1. The van der Waals surface area contributed by atoms with Crippen molar-refractivity contribution in [3.63, 3.8) is 0 Å². The molecule has 1 saturated carbocycles. The number of benzene rings is 1. The minimum atomic E-state index is -0.0360. The van der Waals surface area contributed by atoms with Crippen LogP contribution in [0, 0.1) is 5.92 Å². The van der Waals surface area contributed by atoms with Crippen molar-refractivity contribution in [1.29, 1.82) is 0 Å². The number of carbonyl (C=O) groups excluding carboxylic acids is 1. The first-order chi connectivity index (χ1) is 10.7. The Morgan fingerprint density at radius 3 is 2.82 bits per heavy atom. The van der Waals surface area contributed by atoms with Crippen molar-refractivity contribution in [3.05, 3.63) is 24.3 Å². The zero-order valence-electron chi connectivity index (χ0n) is 13.1. The molecule has 1 aliphatic carbocycles. The summed E-state index contributed by atoms with van der Waals surface area (Å²) in [5.74, 6) is 2.40. The molecule has 0 radical (unpaired) electrons. The molecule has 1 aromatic carbocycles. The first-order valence-electron chi connectivity index (χ1n) is 8.12. The van der Waals surface area contributed by atoms with Crippen LogP contribution < -0.4 is 14.8 Å². The predicted molar refractivity (Wildman–Crippen MR) is 84.2 cm³/mol. The van der Waals surface area contributed by atoms with Crippen LogP contribution in [0.3, 0.4) is 0 Å². The van der Waals surface area contributed by atoms with Gasteiger partial charge >= 0.3 is 0 Å². The van der Waals surface area contributed by atoms with E-state index in [4.69, 9.17) is 9.47 Å². The van der Waals surface area contributed by atoms with Crippen LogP contribution >= 0.6 is 0 Å². The topological polar surface area (TPSA) is 50.8 Å². The molecule has 0 spiro atoms. The zero-order valence-corrected chi connectivity index (χ0v) is 13.1. The molecule has 1 unspecified atom stereocenters. The number of fused-ring (bicyclic) bond motifs is 1. The lowest BCUT2D eigenvalue weighted by Crippen LogP contribution is -2.45. The lowest BCUT2D eigenvalue weighted by Gasteiger charge is -2.30. The standard InChI is InChI=1S/C17H24N2O3/c1-2-19(11-17(20)18-9-13-7-8-13)10-14-12-21-15-5-3-4-6-16(15)22-14/h3-6,13-14H,2,7-12H2,1H3,(H,18,20). The molecule has 1 aromatic rings. The van der Waals surface area contributed by atoms with Gasteiger partial charge in [0.1, 0.15) is 12.7 Å². The minimum absolute atomic E-state index is 0.0360. The van der Waals surface area contributed by atoms with Gasteiger partial charge in [-0.25, -0.2) is 0 Å². The molecule has 1 atom stereocenters. The van der Waals surface area contributed by atoms with E-state index in [9.17, 15) is 4.79 Å². The second-order valence-electron chi connectivity index (χ2n) is 6.07. The molecular formula is C17H24N2O3. The van der Waals surface area contributed by atoms with Crippen LogP contribution in [0.25, 0.3) is 0 Å². The number of ether oxygens (including phenoxy) is 2. The van der Waals surface area contributed by atoms with Crippen molar-refractivity contribution in [2.45, 2.75) is 25.9 Å². The molecule has 0 saturated heterocycles. The summed E-state index contributed by atoms with van der Waals surface area (Å²) in [6, 6.07) is 7.70. The zero-order chi connectivity index (χ0) is 15.4. The van der Waals surface area contributed by atoms with Gasteiger partial charge in [0, 0.05) is 13.1 Å². The normalized spacial score (nSPS) is 20.0. The lowest BCUT2D eigenvalue weighted by atomic mass is 10.2. The van der Waals surface area contributed by atoms with E-state index in [2.05, 4.69) is 17.1 Å². The molecule has 1 aliphatic heterocycles. The Morgan fingerprint density at radius 2 is 2.09 bits per heavy atom. The van der Waals surface area contributed by atoms with Gasteiger partial charge in [-0.1, -0.05) is 19.1 Å². The molecule has 0 bridgehead atoms. The number of carbonyl (C=O) groups is 1. The summed E-state index contributed by atoms with van der Waals surface area (Å²) < 4.78 is 11.7. The van der Waals surface area contributed by atoms with Gasteiger partial charge < -0.3 is 14.8 Å². The summed E-state index contributed by atoms with van der Waals surface area (Å²) in [5.41, 5.74) is 0. The summed E-state index contributed by atoms with van der Waals surface area (Å²) in [6.07, 6.45) is 2.47. The Hall–Kier alpha value is -1.75. The second kappa shape index (κ2) is 7.01. The summed E-state index contributed by atoms with van der Waals surface area (Å²) in [6.45, 7) is 5.35. The highest BCUT2D eigenvalue weighted by Crippen LogP contribution is 2.31. The summed E-state index contributed by atoms with van der Waals surface area (Å²) in [7, 11) is 0. The predicted octanol–water partition coefficient (Wildman–Crippen LogP) is 1.67. The monoisotopic (exact) mass is 304 g/mol. The molecular weight excluding hydrogens is 280 g/mol. The van der Waals surface area contributed by atoms with E-state index in [1.807, 2.05) is 24.3 Å². The molecule has 5 heteroatoms. The van der Waals surface area contributed by atoms with E-state index in [1.165, 1.54) is 12.8 Å². The van der Waals surface area contributed by atoms with Gasteiger partial charge in [0.25, 0.3) is 0 Å². The fourth-order valence-corrected chi connectivity index (χ4v) is 2.59.